The summed E-state index contributed by atoms with van der Waals surface area (Å²) in [6, 6.07) is 2.24. The fourth-order valence-electron chi connectivity index (χ4n) is 2.77. The molecule has 1 fully saturated rings. The molecule has 1 aromatic carbocycles. The summed E-state index contributed by atoms with van der Waals surface area (Å²) in [6.45, 7) is 3.56. The van der Waals surface area contributed by atoms with Gasteiger partial charge in [-0.05, 0) is 49.5 Å². The molecule has 2 N–H and O–H groups in total. The lowest BCUT2D eigenvalue weighted by Gasteiger charge is -2.34. The highest BCUT2D eigenvalue weighted by atomic mass is 32.2. The van der Waals surface area contributed by atoms with Crippen molar-refractivity contribution in [2.75, 3.05) is 26.7 Å². The van der Waals surface area contributed by atoms with E-state index in [9.17, 15) is 26.4 Å². The highest BCUT2D eigenvalue weighted by Gasteiger charge is 2.37. The molecule has 10 heteroatoms. The van der Waals surface area contributed by atoms with Crippen LogP contribution in [0.3, 0.4) is 0 Å². The van der Waals surface area contributed by atoms with Crippen LogP contribution in [0.25, 0.3) is 0 Å². The number of methoxy groups -OCH3 is 1. The Hall–Kier alpha value is -1.65. The van der Waals surface area contributed by atoms with Crippen molar-refractivity contribution in [2.24, 2.45) is 5.41 Å². The summed E-state index contributed by atoms with van der Waals surface area (Å²) in [5.74, 6) is -1.18. The van der Waals surface area contributed by atoms with Crippen LogP contribution in [0.4, 0.5) is 13.2 Å². The molecule has 0 spiro atoms. The standard InChI is InChI=1S/C16H21F3N2O4S/c1-15(5-7-20-8-6-15)10-21-26(23,24)11-3-4-12(14(22)25-2)13(9-11)16(17,18)19/h3-4,9,20-21H,5-8,10H2,1-2H3. The predicted octanol–water partition coefficient (Wildman–Crippen LogP) is 2.16. The Labute approximate surface area is 150 Å². The van der Waals surface area contributed by atoms with Crippen LogP contribution in [-0.4, -0.2) is 41.1 Å². The zero-order chi connectivity index (χ0) is 19.6. The molecule has 6 nitrogen and oxygen atoms in total. The third kappa shape index (κ3) is 4.74. The Morgan fingerprint density at radius 2 is 1.92 bits per heavy atom. The van der Waals surface area contributed by atoms with Crippen molar-refractivity contribution in [1.82, 2.24) is 10.0 Å². The zero-order valence-electron chi connectivity index (χ0n) is 14.4. The summed E-state index contributed by atoms with van der Waals surface area (Å²) in [5.41, 5.74) is -2.35. The third-order valence-corrected chi connectivity index (χ3v) is 5.91. The Kier molecular flexibility index (Phi) is 5.99. The van der Waals surface area contributed by atoms with E-state index in [0.717, 1.165) is 45.2 Å². The van der Waals surface area contributed by atoms with E-state index in [-0.39, 0.29) is 12.0 Å². The smallest absolute Gasteiger partial charge is 0.417 e. The maximum absolute atomic E-state index is 13.2. The number of hydrogen-bond acceptors (Lipinski definition) is 5. The van der Waals surface area contributed by atoms with Gasteiger partial charge in [0.15, 0.2) is 0 Å². The van der Waals surface area contributed by atoms with E-state index in [1.807, 2.05) is 6.92 Å². The normalized spacial score (nSPS) is 17.7. The first kappa shape index (κ1) is 20.7. The van der Waals surface area contributed by atoms with Crippen LogP contribution in [0.1, 0.15) is 35.7 Å². The first-order valence-electron chi connectivity index (χ1n) is 7.98. The molecule has 1 aliphatic heterocycles. The second-order valence-electron chi connectivity index (χ2n) is 6.58. The number of esters is 1. The largest absolute Gasteiger partial charge is 0.465 e. The molecule has 0 aliphatic carbocycles. The van der Waals surface area contributed by atoms with E-state index < -0.39 is 38.2 Å². The second kappa shape index (κ2) is 7.53. The summed E-state index contributed by atoms with van der Waals surface area (Å²) < 4.78 is 71.3. The Bertz CT molecular complexity index is 772. The predicted molar refractivity (Wildman–Crippen MR) is 88.2 cm³/mol. The first-order valence-corrected chi connectivity index (χ1v) is 9.47. The van der Waals surface area contributed by atoms with Gasteiger partial charge in [0.25, 0.3) is 0 Å². The maximum atomic E-state index is 13.2. The number of halogens is 3. The van der Waals surface area contributed by atoms with Crippen LogP contribution in [-0.2, 0) is 20.9 Å². The highest BCUT2D eigenvalue weighted by molar-refractivity contribution is 7.89. The lowest BCUT2D eigenvalue weighted by atomic mass is 9.81. The monoisotopic (exact) mass is 394 g/mol. The number of benzene rings is 1. The van der Waals surface area contributed by atoms with Crippen LogP contribution in [0.2, 0.25) is 0 Å². The number of rotatable bonds is 5. The van der Waals surface area contributed by atoms with Crippen molar-refractivity contribution >= 4 is 16.0 Å². The van der Waals surface area contributed by atoms with Gasteiger partial charge in [-0.3, -0.25) is 0 Å². The minimum atomic E-state index is -4.89. The number of nitrogens with one attached hydrogen (secondary N) is 2. The molecule has 0 saturated carbocycles. The van der Waals surface area contributed by atoms with Crippen LogP contribution in [0, 0.1) is 5.41 Å². The second-order valence-corrected chi connectivity index (χ2v) is 8.35. The van der Waals surface area contributed by atoms with E-state index in [2.05, 4.69) is 14.8 Å². The molecule has 0 radical (unpaired) electrons. The quantitative estimate of drug-likeness (QED) is 0.748. The number of sulfonamides is 1. The summed E-state index contributed by atoms with van der Waals surface area (Å²) >= 11 is 0. The average molecular weight is 394 g/mol. The van der Waals surface area contributed by atoms with Gasteiger partial charge in [0.2, 0.25) is 10.0 Å². The molecule has 0 bridgehead atoms. The van der Waals surface area contributed by atoms with Gasteiger partial charge in [-0.2, -0.15) is 13.2 Å². The molecular formula is C16H21F3N2O4S. The summed E-state index contributed by atoms with van der Waals surface area (Å²) in [7, 11) is -3.20. The minimum Gasteiger partial charge on any atom is -0.465 e. The maximum Gasteiger partial charge on any atom is 0.417 e. The topological polar surface area (TPSA) is 84.5 Å². The molecular weight excluding hydrogens is 373 g/mol. The van der Waals surface area contributed by atoms with Gasteiger partial charge in [0, 0.05) is 6.54 Å². The number of carbonyl (C=O) groups excluding carboxylic acids is 1. The van der Waals surface area contributed by atoms with Gasteiger partial charge < -0.3 is 10.1 Å². The van der Waals surface area contributed by atoms with E-state index >= 15 is 0 Å². The first-order chi connectivity index (χ1) is 12.0. The highest BCUT2D eigenvalue weighted by Crippen LogP contribution is 2.34. The van der Waals surface area contributed by atoms with Crippen molar-refractivity contribution in [3.8, 4) is 0 Å². The van der Waals surface area contributed by atoms with Gasteiger partial charge >= 0.3 is 12.1 Å². The average Bonchev–Trinajstić information content (AvgIpc) is 2.59. The molecule has 1 aromatic rings. The van der Waals surface area contributed by atoms with E-state index in [1.54, 1.807) is 0 Å². The van der Waals surface area contributed by atoms with Gasteiger partial charge in [0.1, 0.15) is 0 Å². The molecule has 0 unspecified atom stereocenters. The van der Waals surface area contributed by atoms with Crippen molar-refractivity contribution in [3.63, 3.8) is 0 Å². The fourth-order valence-corrected chi connectivity index (χ4v) is 4.00. The van der Waals surface area contributed by atoms with Crippen molar-refractivity contribution in [2.45, 2.75) is 30.8 Å². The Morgan fingerprint density at radius 3 is 2.46 bits per heavy atom. The van der Waals surface area contributed by atoms with Crippen molar-refractivity contribution in [1.29, 1.82) is 0 Å². The molecule has 1 saturated heterocycles. The molecule has 1 aliphatic rings. The molecule has 0 atom stereocenters. The van der Waals surface area contributed by atoms with E-state index in [0.29, 0.717) is 6.07 Å². The zero-order valence-corrected chi connectivity index (χ0v) is 15.3. The molecule has 2 rings (SSSR count). The Morgan fingerprint density at radius 1 is 1.31 bits per heavy atom. The number of hydrogen-bond donors (Lipinski definition) is 2. The summed E-state index contributed by atoms with van der Waals surface area (Å²) in [6.07, 6.45) is -3.38. The third-order valence-electron chi connectivity index (χ3n) is 4.51. The molecule has 0 aromatic heterocycles. The van der Waals surface area contributed by atoms with Crippen molar-refractivity contribution in [3.05, 3.63) is 29.3 Å². The lowest BCUT2D eigenvalue weighted by Crippen LogP contribution is -2.42. The minimum absolute atomic E-state index is 0.122. The fraction of sp³-hybridized carbons (Fsp3) is 0.562. The summed E-state index contributed by atoms with van der Waals surface area (Å²) in [4.78, 5) is 11.0. The van der Waals surface area contributed by atoms with Crippen molar-refractivity contribution < 1.29 is 31.1 Å². The molecule has 26 heavy (non-hydrogen) atoms. The summed E-state index contributed by atoms with van der Waals surface area (Å²) in [5, 5.41) is 3.17. The van der Waals surface area contributed by atoms with Crippen LogP contribution in [0.5, 0.6) is 0 Å². The van der Waals surface area contributed by atoms with Gasteiger partial charge in [-0.15, -0.1) is 0 Å². The van der Waals surface area contributed by atoms with Gasteiger partial charge in [0.05, 0.1) is 23.1 Å². The number of piperidine rings is 1. The van der Waals surface area contributed by atoms with Gasteiger partial charge in [-0.1, -0.05) is 6.92 Å². The Balaban J connectivity index is 2.30. The molecule has 1 heterocycles. The number of ether oxygens (including phenoxy) is 1. The SMILES string of the molecule is COC(=O)c1ccc(S(=O)(=O)NCC2(C)CCNCC2)cc1C(F)(F)F. The molecule has 146 valence electrons. The van der Waals surface area contributed by atoms with Crippen LogP contribution < -0.4 is 10.0 Å². The number of carbonyl (C=O) groups is 1. The number of alkyl halides is 3. The van der Waals surface area contributed by atoms with Crippen LogP contribution in [0.15, 0.2) is 23.1 Å². The van der Waals surface area contributed by atoms with E-state index in [1.165, 1.54) is 0 Å². The molecule has 0 amide bonds. The van der Waals surface area contributed by atoms with Crippen LogP contribution >= 0.6 is 0 Å². The van der Waals surface area contributed by atoms with E-state index in [4.69, 9.17) is 0 Å². The van der Waals surface area contributed by atoms with Gasteiger partial charge in [-0.25, -0.2) is 17.9 Å². The lowest BCUT2D eigenvalue weighted by molar-refractivity contribution is -0.138.